The van der Waals surface area contributed by atoms with Gasteiger partial charge in [-0.05, 0) is 66.2 Å². The normalized spacial score (nSPS) is 15.1. The molecule has 1 saturated heterocycles. The average molecular weight is 447 g/mol. The molecule has 1 heterocycles. The molecule has 0 bridgehead atoms. The molecule has 3 aromatic carbocycles. The number of fused-ring (bicyclic) bond motifs is 1. The Morgan fingerprint density at radius 1 is 0.969 bits per heavy atom. The van der Waals surface area contributed by atoms with Gasteiger partial charge in [-0.1, -0.05) is 36.4 Å². The van der Waals surface area contributed by atoms with Crippen molar-refractivity contribution in [3.05, 3.63) is 76.7 Å². The predicted octanol–water partition coefficient (Wildman–Crippen LogP) is 5.93. The van der Waals surface area contributed by atoms with Gasteiger partial charge in [0.05, 0.1) is 18.6 Å². The van der Waals surface area contributed by atoms with Gasteiger partial charge in [0.2, 0.25) is 0 Å². The number of imide groups is 1. The highest BCUT2D eigenvalue weighted by molar-refractivity contribution is 8.18. The topological polar surface area (TPSA) is 49.9 Å². The molecule has 1 aliphatic heterocycles. The molecule has 3 aromatic rings. The minimum atomic E-state index is -0.275. The maximum atomic E-state index is 13.0. The Balaban J connectivity index is 1.57. The van der Waals surface area contributed by atoms with Crippen molar-refractivity contribution in [1.29, 1.82) is 0 Å². The molecule has 0 atom stereocenters. The van der Waals surface area contributed by atoms with Gasteiger partial charge in [-0.3, -0.25) is 14.5 Å². The Morgan fingerprint density at radius 2 is 1.72 bits per heavy atom. The summed E-state index contributed by atoms with van der Waals surface area (Å²) in [6.45, 7) is 6.26. The maximum Gasteiger partial charge on any atom is 0.293 e. The zero-order valence-corrected chi connectivity index (χ0v) is 19.3. The number of benzene rings is 3. The van der Waals surface area contributed by atoms with Crippen LogP contribution in [0, 0.1) is 0 Å². The molecule has 0 radical (unpaired) electrons. The second kappa shape index (κ2) is 9.49. The molecular formula is C26H26N2O3S. The van der Waals surface area contributed by atoms with Gasteiger partial charge < -0.3 is 9.64 Å². The zero-order chi connectivity index (χ0) is 22.7. The number of nitrogens with zero attached hydrogens (tertiary/aromatic N) is 2. The van der Waals surface area contributed by atoms with Crippen molar-refractivity contribution in [3.63, 3.8) is 0 Å². The number of anilines is 1. The summed E-state index contributed by atoms with van der Waals surface area (Å²) in [5, 5.41) is 1.96. The first kappa shape index (κ1) is 22.0. The van der Waals surface area contributed by atoms with Gasteiger partial charge in [-0.15, -0.1) is 0 Å². The molecule has 6 heteroatoms. The lowest BCUT2D eigenvalue weighted by molar-refractivity contribution is -0.123. The summed E-state index contributed by atoms with van der Waals surface area (Å²) in [6, 6.07) is 20.0. The molecule has 4 rings (SSSR count). The second-order valence-electron chi connectivity index (χ2n) is 7.55. The van der Waals surface area contributed by atoms with E-state index in [4.69, 9.17) is 4.74 Å². The third kappa shape index (κ3) is 4.36. The first-order valence-corrected chi connectivity index (χ1v) is 11.5. The molecule has 1 fully saturated rings. The van der Waals surface area contributed by atoms with Gasteiger partial charge in [-0.25, -0.2) is 0 Å². The third-order valence-corrected chi connectivity index (χ3v) is 6.57. The van der Waals surface area contributed by atoms with Crippen LogP contribution in [0.4, 0.5) is 10.5 Å². The Morgan fingerprint density at radius 3 is 2.44 bits per heavy atom. The quantitative estimate of drug-likeness (QED) is 0.421. The minimum Gasteiger partial charge on any atom is -0.496 e. The highest BCUT2D eigenvalue weighted by Gasteiger charge is 2.35. The smallest absolute Gasteiger partial charge is 0.293 e. The lowest BCUT2D eigenvalue weighted by Gasteiger charge is -2.22. The van der Waals surface area contributed by atoms with Crippen molar-refractivity contribution in [2.45, 2.75) is 20.4 Å². The number of carbonyl (C=O) groups is 2. The van der Waals surface area contributed by atoms with E-state index >= 15 is 0 Å². The lowest BCUT2D eigenvalue weighted by Crippen LogP contribution is -2.27. The Kier molecular flexibility index (Phi) is 6.51. The summed E-state index contributed by atoms with van der Waals surface area (Å²) in [7, 11) is 1.62. The summed E-state index contributed by atoms with van der Waals surface area (Å²) < 4.78 is 5.57. The van der Waals surface area contributed by atoms with Crippen molar-refractivity contribution < 1.29 is 14.3 Å². The monoisotopic (exact) mass is 446 g/mol. The van der Waals surface area contributed by atoms with E-state index in [1.165, 1.54) is 4.90 Å². The molecule has 0 saturated carbocycles. The average Bonchev–Trinajstić information content (AvgIpc) is 3.08. The fourth-order valence-corrected chi connectivity index (χ4v) is 4.73. The fraction of sp³-hybridized carbons (Fsp3) is 0.231. The van der Waals surface area contributed by atoms with Crippen LogP contribution in [0.2, 0.25) is 0 Å². The second-order valence-corrected chi connectivity index (χ2v) is 8.54. The Labute approximate surface area is 192 Å². The van der Waals surface area contributed by atoms with E-state index in [9.17, 15) is 9.59 Å². The molecule has 5 nitrogen and oxygen atoms in total. The molecule has 2 amide bonds. The van der Waals surface area contributed by atoms with Crippen LogP contribution < -0.4 is 9.64 Å². The van der Waals surface area contributed by atoms with Crippen molar-refractivity contribution in [1.82, 2.24) is 4.90 Å². The maximum absolute atomic E-state index is 13.0. The van der Waals surface area contributed by atoms with Gasteiger partial charge in [0.15, 0.2) is 0 Å². The molecule has 1 aliphatic rings. The van der Waals surface area contributed by atoms with E-state index in [1.807, 2.05) is 60.7 Å². The third-order valence-electron chi connectivity index (χ3n) is 5.66. The van der Waals surface area contributed by atoms with Crippen LogP contribution in [-0.4, -0.2) is 36.2 Å². The predicted molar refractivity (Wildman–Crippen MR) is 132 cm³/mol. The molecule has 0 aliphatic carbocycles. The number of hydrogen-bond acceptors (Lipinski definition) is 5. The van der Waals surface area contributed by atoms with E-state index < -0.39 is 0 Å². The number of hydrogen-bond donors (Lipinski definition) is 0. The Bertz CT molecular complexity index is 1200. The van der Waals surface area contributed by atoms with Crippen molar-refractivity contribution >= 4 is 45.4 Å². The molecule has 0 unspecified atom stereocenters. The van der Waals surface area contributed by atoms with E-state index in [0.717, 1.165) is 52.4 Å². The summed E-state index contributed by atoms with van der Waals surface area (Å²) in [6.07, 6.45) is 1.75. The van der Waals surface area contributed by atoms with E-state index in [-0.39, 0.29) is 17.7 Å². The Hall–Kier alpha value is -3.25. The van der Waals surface area contributed by atoms with Crippen molar-refractivity contribution in [2.75, 3.05) is 25.1 Å². The summed E-state index contributed by atoms with van der Waals surface area (Å²) in [4.78, 5) is 29.6. The largest absolute Gasteiger partial charge is 0.496 e. The first-order valence-electron chi connectivity index (χ1n) is 10.7. The van der Waals surface area contributed by atoms with Crippen LogP contribution in [-0.2, 0) is 11.3 Å². The van der Waals surface area contributed by atoms with Gasteiger partial charge in [0.1, 0.15) is 5.75 Å². The molecule has 164 valence electrons. The molecule has 32 heavy (non-hydrogen) atoms. The molecular weight excluding hydrogens is 420 g/mol. The van der Waals surface area contributed by atoms with Gasteiger partial charge in [0.25, 0.3) is 11.1 Å². The standard InChI is InChI=1S/C26H26N2O3S/c1-4-27(5-2)22-13-12-21(23(16-22)31-3)15-24-25(29)28(26(30)32-24)17-18-10-11-19-8-6-7-9-20(19)14-18/h6-16H,4-5,17H2,1-3H3/b24-15-. The summed E-state index contributed by atoms with van der Waals surface area (Å²) in [5.41, 5.74) is 2.77. The minimum absolute atomic E-state index is 0.255. The summed E-state index contributed by atoms with van der Waals surface area (Å²) in [5.74, 6) is 0.402. The van der Waals surface area contributed by atoms with Gasteiger partial charge >= 0.3 is 0 Å². The van der Waals surface area contributed by atoms with E-state index in [2.05, 4.69) is 18.7 Å². The first-order chi connectivity index (χ1) is 15.5. The number of rotatable bonds is 7. The summed E-state index contributed by atoms with van der Waals surface area (Å²) >= 11 is 0.971. The fourth-order valence-electron chi connectivity index (χ4n) is 3.90. The van der Waals surface area contributed by atoms with Crippen LogP contribution in [0.1, 0.15) is 25.0 Å². The van der Waals surface area contributed by atoms with E-state index in [1.54, 1.807) is 13.2 Å². The lowest BCUT2D eigenvalue weighted by atomic mass is 10.1. The van der Waals surface area contributed by atoms with Crippen LogP contribution in [0.3, 0.4) is 0 Å². The SMILES string of the molecule is CCN(CC)c1ccc(/C=C2\SC(=O)N(Cc3ccc4ccccc4c3)C2=O)c(OC)c1. The number of amides is 2. The zero-order valence-electron chi connectivity index (χ0n) is 18.5. The van der Waals surface area contributed by atoms with Crippen molar-refractivity contribution in [2.24, 2.45) is 0 Å². The highest BCUT2D eigenvalue weighted by atomic mass is 32.2. The highest BCUT2D eigenvalue weighted by Crippen LogP contribution is 2.36. The number of carbonyl (C=O) groups excluding carboxylic acids is 2. The molecule has 0 aromatic heterocycles. The van der Waals surface area contributed by atoms with Crippen LogP contribution in [0.25, 0.3) is 16.8 Å². The van der Waals surface area contributed by atoms with Crippen LogP contribution in [0.5, 0.6) is 5.75 Å². The van der Waals surface area contributed by atoms with Gasteiger partial charge in [0, 0.05) is 30.4 Å². The van der Waals surface area contributed by atoms with Crippen LogP contribution in [0.15, 0.2) is 65.6 Å². The van der Waals surface area contributed by atoms with E-state index in [0.29, 0.717) is 10.7 Å². The van der Waals surface area contributed by atoms with Crippen molar-refractivity contribution in [3.8, 4) is 5.75 Å². The molecule has 0 N–H and O–H groups in total. The molecule has 0 spiro atoms. The number of ether oxygens (including phenoxy) is 1. The number of methoxy groups -OCH3 is 1. The number of thioether (sulfide) groups is 1. The van der Waals surface area contributed by atoms with Gasteiger partial charge in [-0.2, -0.15) is 0 Å². The van der Waals surface area contributed by atoms with Crippen LogP contribution >= 0.6 is 11.8 Å².